The van der Waals surface area contributed by atoms with Crippen LogP contribution in [0.3, 0.4) is 0 Å². The summed E-state index contributed by atoms with van der Waals surface area (Å²) in [6, 6.07) is 14.3. The van der Waals surface area contributed by atoms with Crippen LogP contribution in [0.1, 0.15) is 30.9 Å². The first-order chi connectivity index (χ1) is 12.4. The van der Waals surface area contributed by atoms with Gasteiger partial charge in [0.1, 0.15) is 5.82 Å². The van der Waals surface area contributed by atoms with E-state index in [4.69, 9.17) is 0 Å². The van der Waals surface area contributed by atoms with E-state index in [9.17, 15) is 14.0 Å². The Morgan fingerprint density at radius 3 is 2.31 bits per heavy atom. The van der Waals surface area contributed by atoms with Gasteiger partial charge in [-0.25, -0.2) is 4.39 Å². The van der Waals surface area contributed by atoms with E-state index in [1.165, 1.54) is 6.07 Å². The minimum absolute atomic E-state index is 0.0210. The Bertz CT molecular complexity index is 812. The average molecular weight is 354 g/mol. The second-order valence-electron chi connectivity index (χ2n) is 6.87. The Labute approximate surface area is 153 Å². The van der Waals surface area contributed by atoms with Crippen LogP contribution in [0.15, 0.2) is 48.5 Å². The number of amides is 2. The van der Waals surface area contributed by atoms with E-state index in [0.29, 0.717) is 37.2 Å². The molecule has 136 valence electrons. The predicted octanol–water partition coefficient (Wildman–Crippen LogP) is 3.65. The van der Waals surface area contributed by atoms with Crippen LogP contribution in [-0.4, -0.2) is 29.8 Å². The van der Waals surface area contributed by atoms with Crippen LogP contribution in [0, 0.1) is 12.7 Å². The fraction of sp³-hybridized carbons (Fsp3) is 0.333. The van der Waals surface area contributed by atoms with Crippen molar-refractivity contribution in [3.63, 3.8) is 0 Å². The Hall–Kier alpha value is -2.69. The smallest absolute Gasteiger partial charge is 0.235 e. The Balaban J connectivity index is 1.89. The number of carbonyl (C=O) groups excluding carboxylic acids is 2. The second-order valence-corrected chi connectivity index (χ2v) is 6.87. The van der Waals surface area contributed by atoms with Gasteiger partial charge in [0.2, 0.25) is 11.8 Å². The number of aryl methyl sites for hydroxylation is 1. The molecule has 1 aliphatic heterocycles. The van der Waals surface area contributed by atoms with E-state index in [2.05, 4.69) is 5.32 Å². The third-order valence-corrected chi connectivity index (χ3v) is 5.25. The number of anilines is 1. The molecule has 0 bridgehead atoms. The van der Waals surface area contributed by atoms with Crippen molar-refractivity contribution in [2.45, 2.75) is 32.1 Å². The lowest BCUT2D eigenvalue weighted by atomic mass is 9.72. The zero-order valence-corrected chi connectivity index (χ0v) is 15.1. The first kappa shape index (κ1) is 18.1. The summed E-state index contributed by atoms with van der Waals surface area (Å²) in [4.78, 5) is 26.6. The monoisotopic (exact) mass is 354 g/mol. The highest BCUT2D eigenvalue weighted by Crippen LogP contribution is 2.37. The average Bonchev–Trinajstić information content (AvgIpc) is 2.65. The maximum atomic E-state index is 13.8. The standard InChI is InChI=1S/C21H23FN2O2/c1-15-8-9-18(14-19(15)22)23-20(26)21(17-6-4-3-5-7-17)10-12-24(13-11-21)16(2)25/h3-9,14H,10-13H2,1-2H3,(H,23,26). The highest BCUT2D eigenvalue weighted by atomic mass is 19.1. The van der Waals surface area contributed by atoms with Gasteiger partial charge < -0.3 is 10.2 Å². The van der Waals surface area contributed by atoms with Crippen molar-refractivity contribution in [3.05, 3.63) is 65.5 Å². The lowest BCUT2D eigenvalue weighted by Crippen LogP contribution is -2.50. The number of benzene rings is 2. The van der Waals surface area contributed by atoms with E-state index in [-0.39, 0.29) is 17.6 Å². The highest BCUT2D eigenvalue weighted by molar-refractivity contribution is 5.99. The number of nitrogens with zero attached hydrogens (tertiary/aromatic N) is 1. The number of halogens is 1. The normalized spacial score (nSPS) is 16.2. The van der Waals surface area contributed by atoms with Crippen LogP contribution < -0.4 is 5.32 Å². The molecule has 0 unspecified atom stereocenters. The molecule has 5 heteroatoms. The summed E-state index contributed by atoms with van der Waals surface area (Å²) in [7, 11) is 0. The summed E-state index contributed by atoms with van der Waals surface area (Å²) in [5, 5.41) is 2.88. The molecule has 1 saturated heterocycles. The van der Waals surface area contributed by atoms with Crippen LogP contribution in [0.25, 0.3) is 0 Å². The van der Waals surface area contributed by atoms with Crippen LogP contribution in [0.4, 0.5) is 10.1 Å². The molecule has 2 amide bonds. The topological polar surface area (TPSA) is 49.4 Å². The maximum absolute atomic E-state index is 13.8. The van der Waals surface area contributed by atoms with Crippen LogP contribution in [0.2, 0.25) is 0 Å². The van der Waals surface area contributed by atoms with Crippen molar-refractivity contribution < 1.29 is 14.0 Å². The minimum atomic E-state index is -0.728. The third kappa shape index (κ3) is 3.47. The number of hydrogen-bond acceptors (Lipinski definition) is 2. The van der Waals surface area contributed by atoms with Gasteiger partial charge >= 0.3 is 0 Å². The summed E-state index contributed by atoms with van der Waals surface area (Å²) in [5.74, 6) is -0.481. The van der Waals surface area contributed by atoms with Crippen LogP contribution in [0.5, 0.6) is 0 Å². The Morgan fingerprint density at radius 2 is 1.73 bits per heavy atom. The van der Waals surface area contributed by atoms with Crippen molar-refractivity contribution in [2.75, 3.05) is 18.4 Å². The SMILES string of the molecule is CC(=O)N1CCC(C(=O)Nc2ccc(C)c(F)c2)(c2ccccc2)CC1. The number of nitrogens with one attached hydrogen (secondary N) is 1. The molecule has 0 saturated carbocycles. The van der Waals surface area contributed by atoms with Gasteiger partial charge in [0, 0.05) is 25.7 Å². The molecular formula is C21H23FN2O2. The van der Waals surface area contributed by atoms with Crippen LogP contribution >= 0.6 is 0 Å². The van der Waals surface area contributed by atoms with Crippen molar-refractivity contribution >= 4 is 17.5 Å². The molecule has 0 atom stereocenters. The molecule has 0 aromatic heterocycles. The molecule has 4 nitrogen and oxygen atoms in total. The summed E-state index contributed by atoms with van der Waals surface area (Å²) in [6.07, 6.45) is 1.08. The van der Waals surface area contributed by atoms with Gasteiger partial charge in [0.25, 0.3) is 0 Å². The van der Waals surface area contributed by atoms with Gasteiger partial charge in [0.05, 0.1) is 5.41 Å². The molecule has 1 N–H and O–H groups in total. The van der Waals surface area contributed by atoms with Gasteiger partial charge in [-0.3, -0.25) is 9.59 Å². The molecule has 2 aromatic rings. The van der Waals surface area contributed by atoms with E-state index in [1.54, 1.807) is 30.9 Å². The van der Waals surface area contributed by atoms with Gasteiger partial charge in [-0.05, 0) is 43.0 Å². The zero-order chi connectivity index (χ0) is 18.7. The summed E-state index contributed by atoms with van der Waals surface area (Å²) in [5.41, 5.74) is 1.18. The summed E-state index contributed by atoms with van der Waals surface area (Å²) >= 11 is 0. The number of rotatable bonds is 3. The van der Waals surface area contributed by atoms with Gasteiger partial charge in [0.15, 0.2) is 0 Å². The fourth-order valence-corrected chi connectivity index (χ4v) is 3.53. The quantitative estimate of drug-likeness (QED) is 0.915. The highest BCUT2D eigenvalue weighted by Gasteiger charge is 2.43. The predicted molar refractivity (Wildman–Crippen MR) is 99.4 cm³/mol. The summed E-state index contributed by atoms with van der Waals surface area (Å²) in [6.45, 7) is 4.29. The van der Waals surface area contributed by atoms with Crippen molar-refractivity contribution in [3.8, 4) is 0 Å². The van der Waals surface area contributed by atoms with Gasteiger partial charge in [-0.15, -0.1) is 0 Å². The van der Waals surface area contributed by atoms with Crippen molar-refractivity contribution in [2.24, 2.45) is 0 Å². The maximum Gasteiger partial charge on any atom is 0.235 e. The molecule has 0 spiro atoms. The molecule has 26 heavy (non-hydrogen) atoms. The Morgan fingerprint density at radius 1 is 1.08 bits per heavy atom. The molecule has 0 radical (unpaired) electrons. The third-order valence-electron chi connectivity index (χ3n) is 5.25. The van der Waals surface area contributed by atoms with E-state index < -0.39 is 5.41 Å². The number of piperidine rings is 1. The largest absolute Gasteiger partial charge is 0.343 e. The lowest BCUT2D eigenvalue weighted by Gasteiger charge is -2.40. The van der Waals surface area contributed by atoms with E-state index >= 15 is 0 Å². The summed E-state index contributed by atoms with van der Waals surface area (Å²) < 4.78 is 13.8. The fourth-order valence-electron chi connectivity index (χ4n) is 3.53. The van der Waals surface area contributed by atoms with Crippen LogP contribution in [-0.2, 0) is 15.0 Å². The van der Waals surface area contributed by atoms with Crippen molar-refractivity contribution in [1.29, 1.82) is 0 Å². The van der Waals surface area contributed by atoms with Crippen molar-refractivity contribution in [1.82, 2.24) is 4.90 Å². The molecule has 3 rings (SSSR count). The first-order valence-electron chi connectivity index (χ1n) is 8.81. The molecule has 1 heterocycles. The van der Waals surface area contributed by atoms with Gasteiger partial charge in [-0.1, -0.05) is 36.4 Å². The first-order valence-corrected chi connectivity index (χ1v) is 8.81. The lowest BCUT2D eigenvalue weighted by molar-refractivity contribution is -0.133. The molecule has 2 aromatic carbocycles. The van der Waals surface area contributed by atoms with E-state index in [0.717, 1.165) is 5.56 Å². The molecular weight excluding hydrogens is 331 g/mol. The Kier molecular flexibility index (Phi) is 5.07. The molecule has 0 aliphatic carbocycles. The number of likely N-dealkylation sites (tertiary alicyclic amines) is 1. The number of carbonyl (C=O) groups is 2. The minimum Gasteiger partial charge on any atom is -0.343 e. The zero-order valence-electron chi connectivity index (χ0n) is 15.1. The van der Waals surface area contributed by atoms with Gasteiger partial charge in [-0.2, -0.15) is 0 Å². The molecule has 1 fully saturated rings. The van der Waals surface area contributed by atoms with E-state index in [1.807, 2.05) is 30.3 Å². The molecule has 1 aliphatic rings. The number of hydrogen-bond donors (Lipinski definition) is 1. The second kappa shape index (κ2) is 7.28.